The van der Waals surface area contributed by atoms with Gasteiger partial charge in [-0.05, 0) is 32.4 Å². The molecular formula is C19H21ClN6O3. The lowest BCUT2D eigenvalue weighted by molar-refractivity contribution is 0.139. The molecule has 9 nitrogen and oxygen atoms in total. The molecule has 3 N–H and O–H groups in total. The molecule has 4 rings (SSSR count). The Morgan fingerprint density at radius 2 is 2.17 bits per heavy atom. The Labute approximate surface area is 172 Å². The van der Waals surface area contributed by atoms with Gasteiger partial charge < -0.3 is 20.5 Å². The second-order valence-electron chi connectivity index (χ2n) is 6.96. The fraction of sp³-hybridized carbons (Fsp3) is 0.368. The monoisotopic (exact) mass is 416 g/mol. The van der Waals surface area contributed by atoms with Crippen LogP contribution in [0, 0.1) is 13.8 Å². The first kappa shape index (κ1) is 19.3. The molecule has 1 amide bonds. The highest BCUT2D eigenvalue weighted by atomic mass is 35.5. The van der Waals surface area contributed by atoms with E-state index in [9.17, 15) is 4.79 Å². The second-order valence-corrected chi connectivity index (χ2v) is 7.37. The molecular weight excluding hydrogens is 396 g/mol. The minimum atomic E-state index is -0.490. The summed E-state index contributed by atoms with van der Waals surface area (Å²) in [5, 5.41) is 8.57. The van der Waals surface area contributed by atoms with Gasteiger partial charge in [0.2, 0.25) is 0 Å². The zero-order valence-corrected chi connectivity index (χ0v) is 17.2. The van der Waals surface area contributed by atoms with Crippen LogP contribution in [-0.4, -0.2) is 39.5 Å². The highest BCUT2D eigenvalue weighted by Gasteiger charge is 2.32. The van der Waals surface area contributed by atoms with Crippen molar-refractivity contribution in [2.75, 3.05) is 19.4 Å². The number of fused-ring (bicyclic) bond motifs is 1. The maximum absolute atomic E-state index is 11.6. The van der Waals surface area contributed by atoms with Crippen LogP contribution < -0.4 is 15.8 Å². The highest BCUT2D eigenvalue weighted by molar-refractivity contribution is 6.31. The standard InChI is InChI=1S/C19H21ClN6O3/c1-8-12(20)5-11(16(28-4)14(8)13-6-22-19(27)29-13)10(3)26-18-15(9(2)25-26)17(21)23-7-24-18/h5,7,10,13H,6H2,1-4H3,(H,22,27)(H2,21,23,24). The largest absolute Gasteiger partial charge is 0.496 e. The number of hydrogen-bond donors (Lipinski definition) is 2. The van der Waals surface area contributed by atoms with Crippen molar-refractivity contribution in [3.8, 4) is 5.75 Å². The molecule has 0 spiro atoms. The maximum Gasteiger partial charge on any atom is 0.407 e. The van der Waals surface area contributed by atoms with Crippen LogP contribution in [0.5, 0.6) is 5.75 Å². The normalized spacial score (nSPS) is 17.3. The van der Waals surface area contributed by atoms with Gasteiger partial charge >= 0.3 is 6.09 Å². The quantitative estimate of drug-likeness (QED) is 0.671. The van der Waals surface area contributed by atoms with E-state index in [1.54, 1.807) is 11.8 Å². The van der Waals surface area contributed by atoms with Crippen molar-refractivity contribution in [1.29, 1.82) is 0 Å². The second kappa shape index (κ2) is 7.07. The predicted octanol–water partition coefficient (Wildman–Crippen LogP) is 3.08. The summed E-state index contributed by atoms with van der Waals surface area (Å²) in [4.78, 5) is 20.0. The van der Waals surface area contributed by atoms with Crippen molar-refractivity contribution in [3.63, 3.8) is 0 Å². The number of aromatic nitrogens is 4. The molecule has 29 heavy (non-hydrogen) atoms. The minimum Gasteiger partial charge on any atom is -0.496 e. The van der Waals surface area contributed by atoms with E-state index in [1.807, 2.05) is 26.8 Å². The number of nitrogens with zero attached hydrogens (tertiary/aromatic N) is 4. The van der Waals surface area contributed by atoms with Crippen LogP contribution in [0.1, 0.15) is 41.5 Å². The molecule has 1 saturated heterocycles. The molecule has 1 fully saturated rings. The molecule has 0 bridgehead atoms. The van der Waals surface area contributed by atoms with E-state index in [0.29, 0.717) is 34.2 Å². The molecule has 0 radical (unpaired) electrons. The fourth-order valence-electron chi connectivity index (χ4n) is 3.81. The van der Waals surface area contributed by atoms with E-state index in [0.717, 1.165) is 22.4 Å². The van der Waals surface area contributed by atoms with Crippen LogP contribution in [0.25, 0.3) is 11.0 Å². The van der Waals surface area contributed by atoms with Crippen LogP contribution >= 0.6 is 11.6 Å². The average molecular weight is 417 g/mol. The van der Waals surface area contributed by atoms with Crippen LogP contribution in [0.15, 0.2) is 12.4 Å². The molecule has 1 aliphatic rings. The van der Waals surface area contributed by atoms with Gasteiger partial charge in [-0.3, -0.25) is 0 Å². The van der Waals surface area contributed by atoms with Crippen LogP contribution in [-0.2, 0) is 4.74 Å². The number of methoxy groups -OCH3 is 1. The van der Waals surface area contributed by atoms with E-state index in [1.165, 1.54) is 6.33 Å². The predicted molar refractivity (Wildman–Crippen MR) is 108 cm³/mol. The third-order valence-electron chi connectivity index (χ3n) is 5.27. The van der Waals surface area contributed by atoms with Crippen LogP contribution in [0.2, 0.25) is 5.02 Å². The minimum absolute atomic E-state index is 0.280. The van der Waals surface area contributed by atoms with Gasteiger partial charge in [-0.25, -0.2) is 19.4 Å². The number of ether oxygens (including phenoxy) is 2. The van der Waals surface area contributed by atoms with Gasteiger partial charge in [0.25, 0.3) is 0 Å². The number of alkyl carbamates (subject to hydrolysis) is 1. The van der Waals surface area contributed by atoms with E-state index < -0.39 is 12.2 Å². The lowest BCUT2D eigenvalue weighted by Gasteiger charge is -2.23. The Hall–Kier alpha value is -3.07. The number of hydrogen-bond acceptors (Lipinski definition) is 7. The van der Waals surface area contributed by atoms with Crippen molar-refractivity contribution in [3.05, 3.63) is 39.8 Å². The molecule has 3 aromatic rings. The summed E-state index contributed by atoms with van der Waals surface area (Å²) in [7, 11) is 1.58. The van der Waals surface area contributed by atoms with Gasteiger partial charge in [-0.2, -0.15) is 5.10 Å². The van der Waals surface area contributed by atoms with Gasteiger partial charge in [0.1, 0.15) is 24.0 Å². The molecule has 2 atom stereocenters. The number of nitrogen functional groups attached to an aromatic ring is 1. The number of anilines is 1. The molecule has 152 valence electrons. The number of rotatable bonds is 4. The van der Waals surface area contributed by atoms with Crippen LogP contribution in [0.3, 0.4) is 0 Å². The Morgan fingerprint density at radius 1 is 1.41 bits per heavy atom. The lowest BCUT2D eigenvalue weighted by Crippen LogP contribution is -2.15. The first-order valence-electron chi connectivity index (χ1n) is 9.10. The van der Waals surface area contributed by atoms with E-state index in [-0.39, 0.29) is 6.04 Å². The van der Waals surface area contributed by atoms with Crippen molar-refractivity contribution >= 4 is 34.5 Å². The Balaban J connectivity index is 1.90. The number of amides is 1. The number of cyclic esters (lactones) is 1. The van der Waals surface area contributed by atoms with Crippen LogP contribution in [0.4, 0.5) is 10.6 Å². The van der Waals surface area contributed by atoms with Gasteiger partial charge in [0.05, 0.1) is 30.8 Å². The number of nitrogens with two attached hydrogens (primary N) is 1. The van der Waals surface area contributed by atoms with Gasteiger partial charge in [0.15, 0.2) is 5.65 Å². The zero-order valence-electron chi connectivity index (χ0n) is 16.5. The number of aryl methyl sites for hydroxylation is 1. The average Bonchev–Trinajstić information content (AvgIpc) is 3.27. The molecule has 0 saturated carbocycles. The number of nitrogens with one attached hydrogen (secondary N) is 1. The molecule has 2 aromatic heterocycles. The smallest absolute Gasteiger partial charge is 0.407 e. The summed E-state index contributed by atoms with van der Waals surface area (Å²) < 4.78 is 12.9. The van der Waals surface area contributed by atoms with Crippen molar-refractivity contribution < 1.29 is 14.3 Å². The van der Waals surface area contributed by atoms with Crippen molar-refractivity contribution in [2.45, 2.75) is 32.9 Å². The Morgan fingerprint density at radius 3 is 2.83 bits per heavy atom. The third-order valence-corrected chi connectivity index (χ3v) is 5.66. The number of benzene rings is 1. The third kappa shape index (κ3) is 3.02. The molecule has 10 heteroatoms. The summed E-state index contributed by atoms with van der Waals surface area (Å²) in [5.74, 6) is 0.980. The number of halogens is 1. The van der Waals surface area contributed by atoms with Crippen molar-refractivity contribution in [2.24, 2.45) is 0 Å². The lowest BCUT2D eigenvalue weighted by atomic mass is 9.95. The summed E-state index contributed by atoms with van der Waals surface area (Å²) in [6.45, 7) is 6.05. The topological polar surface area (TPSA) is 117 Å². The van der Waals surface area contributed by atoms with Gasteiger partial charge in [-0.1, -0.05) is 11.6 Å². The first-order valence-corrected chi connectivity index (χ1v) is 9.47. The summed E-state index contributed by atoms with van der Waals surface area (Å²) in [6, 6.07) is 1.57. The molecule has 1 aliphatic heterocycles. The fourth-order valence-corrected chi connectivity index (χ4v) is 4.03. The van der Waals surface area contributed by atoms with Gasteiger partial charge in [-0.15, -0.1) is 0 Å². The molecule has 3 heterocycles. The highest BCUT2D eigenvalue weighted by Crippen LogP contribution is 2.42. The molecule has 0 aliphatic carbocycles. The Bertz CT molecular complexity index is 1130. The summed E-state index contributed by atoms with van der Waals surface area (Å²) in [6.07, 6.45) is 0.458. The van der Waals surface area contributed by atoms with Gasteiger partial charge in [0, 0.05) is 16.1 Å². The number of carbonyl (C=O) groups is 1. The number of carbonyl (C=O) groups excluding carboxylic acids is 1. The summed E-state index contributed by atoms with van der Waals surface area (Å²) in [5.41, 5.74) is 9.71. The van der Waals surface area contributed by atoms with Crippen molar-refractivity contribution in [1.82, 2.24) is 25.1 Å². The summed E-state index contributed by atoms with van der Waals surface area (Å²) >= 11 is 6.55. The van der Waals surface area contributed by atoms with E-state index >= 15 is 0 Å². The molecule has 1 aromatic carbocycles. The maximum atomic E-state index is 11.6. The SMILES string of the molecule is COc1c(C(C)n2nc(C)c3c(N)ncnc32)cc(Cl)c(C)c1C1CNC(=O)O1. The zero-order chi connectivity index (χ0) is 20.9. The van der Waals surface area contributed by atoms with E-state index in [4.69, 9.17) is 26.8 Å². The molecule has 2 unspecified atom stereocenters. The Kier molecular flexibility index (Phi) is 4.70. The first-order chi connectivity index (χ1) is 13.8. The van der Waals surface area contributed by atoms with E-state index in [2.05, 4.69) is 20.4 Å².